The summed E-state index contributed by atoms with van der Waals surface area (Å²) in [5, 5.41) is 3.10. The minimum atomic E-state index is -0.500. The molecule has 1 saturated heterocycles. The van der Waals surface area contributed by atoms with E-state index in [2.05, 4.69) is 39.1 Å². The molecule has 0 saturated carbocycles. The number of hydrogen-bond donors (Lipinski definition) is 1. The number of aryl methyl sites for hydroxylation is 1. The summed E-state index contributed by atoms with van der Waals surface area (Å²) in [5.74, 6) is -1.19. The van der Waals surface area contributed by atoms with Gasteiger partial charge in [0.25, 0.3) is 5.91 Å². The molecule has 1 N–H and O–H groups in total. The molecular weight excluding hydrogens is 415 g/mol. The summed E-state index contributed by atoms with van der Waals surface area (Å²) in [6.45, 7) is 10.8. The van der Waals surface area contributed by atoms with Crippen molar-refractivity contribution in [2.24, 2.45) is 5.92 Å². The van der Waals surface area contributed by atoms with Crippen LogP contribution in [0.1, 0.15) is 81.3 Å². The molecule has 3 rings (SSSR count). The highest BCUT2D eigenvalue weighted by atomic mass is 19.1. The quantitative estimate of drug-likeness (QED) is 0.545. The van der Waals surface area contributed by atoms with Crippen molar-refractivity contribution in [1.82, 2.24) is 4.90 Å². The van der Waals surface area contributed by atoms with Crippen molar-refractivity contribution >= 4 is 17.5 Å². The third kappa shape index (κ3) is 5.82. The van der Waals surface area contributed by atoms with Crippen molar-refractivity contribution < 1.29 is 14.0 Å². The summed E-state index contributed by atoms with van der Waals surface area (Å²) in [6, 6.07) is 12.4. The van der Waals surface area contributed by atoms with Gasteiger partial charge in [0.15, 0.2) is 0 Å². The summed E-state index contributed by atoms with van der Waals surface area (Å²) in [7, 11) is 0. The predicted molar refractivity (Wildman–Crippen MR) is 132 cm³/mol. The fourth-order valence-electron chi connectivity index (χ4n) is 4.73. The van der Waals surface area contributed by atoms with E-state index in [-0.39, 0.29) is 34.8 Å². The number of hydrogen-bond acceptors (Lipinski definition) is 2. The fourth-order valence-corrected chi connectivity index (χ4v) is 4.73. The molecule has 2 aromatic rings. The molecule has 1 aliphatic heterocycles. The van der Waals surface area contributed by atoms with Crippen molar-refractivity contribution in [3.05, 3.63) is 65.0 Å². The van der Waals surface area contributed by atoms with E-state index in [1.54, 1.807) is 24.0 Å². The molecule has 1 fully saturated rings. The van der Waals surface area contributed by atoms with Gasteiger partial charge >= 0.3 is 0 Å². The lowest BCUT2D eigenvalue weighted by atomic mass is 9.84. The molecule has 2 aromatic carbocycles. The second kappa shape index (κ2) is 10.5. The Hall–Kier alpha value is -2.69. The summed E-state index contributed by atoms with van der Waals surface area (Å²) in [6.07, 6.45) is 4.06. The van der Waals surface area contributed by atoms with Gasteiger partial charge < -0.3 is 10.2 Å². The number of likely N-dealkylation sites (tertiary alicyclic amines) is 1. The van der Waals surface area contributed by atoms with Crippen LogP contribution in [0.4, 0.5) is 10.1 Å². The van der Waals surface area contributed by atoms with E-state index in [9.17, 15) is 14.0 Å². The van der Waals surface area contributed by atoms with Crippen molar-refractivity contribution in [3.63, 3.8) is 0 Å². The van der Waals surface area contributed by atoms with E-state index >= 15 is 0 Å². The monoisotopic (exact) mass is 452 g/mol. The lowest BCUT2D eigenvalue weighted by Gasteiger charge is -2.41. The maximum absolute atomic E-state index is 14.6. The van der Waals surface area contributed by atoms with Gasteiger partial charge in [0.1, 0.15) is 5.82 Å². The van der Waals surface area contributed by atoms with E-state index in [1.165, 1.54) is 6.07 Å². The zero-order valence-corrected chi connectivity index (χ0v) is 20.6. The van der Waals surface area contributed by atoms with Crippen molar-refractivity contribution in [3.8, 4) is 0 Å². The fraction of sp³-hybridized carbons (Fsp3) is 0.500. The van der Waals surface area contributed by atoms with E-state index in [0.29, 0.717) is 12.1 Å². The molecule has 1 aliphatic rings. The molecule has 2 amide bonds. The zero-order valence-electron chi connectivity index (χ0n) is 20.6. The second-order valence-corrected chi connectivity index (χ2v) is 10.2. The van der Waals surface area contributed by atoms with Crippen molar-refractivity contribution in [2.45, 2.75) is 78.2 Å². The third-order valence-electron chi connectivity index (χ3n) is 6.66. The number of anilines is 1. The number of carbonyl (C=O) groups excluding carboxylic acids is 2. The van der Waals surface area contributed by atoms with Gasteiger partial charge in [0, 0.05) is 18.3 Å². The zero-order chi connectivity index (χ0) is 24.2. The number of rotatable bonds is 6. The highest BCUT2D eigenvalue weighted by molar-refractivity contribution is 5.98. The Kier molecular flexibility index (Phi) is 7.93. The molecule has 4 nitrogen and oxygen atoms in total. The van der Waals surface area contributed by atoms with Crippen LogP contribution in [0.25, 0.3) is 0 Å². The lowest BCUT2D eigenvalue weighted by Crippen LogP contribution is -2.52. The van der Waals surface area contributed by atoms with Crippen LogP contribution in [-0.2, 0) is 10.2 Å². The van der Waals surface area contributed by atoms with Gasteiger partial charge in [0.2, 0.25) is 5.91 Å². The molecule has 0 unspecified atom stereocenters. The van der Waals surface area contributed by atoms with Crippen LogP contribution >= 0.6 is 0 Å². The number of carbonyl (C=O) groups is 2. The normalized spacial score (nSPS) is 18.8. The van der Waals surface area contributed by atoms with Crippen molar-refractivity contribution in [2.75, 3.05) is 11.9 Å². The summed E-state index contributed by atoms with van der Waals surface area (Å²) < 4.78 is 14.6. The predicted octanol–water partition coefficient (Wildman–Crippen LogP) is 6.48. The maximum Gasteiger partial charge on any atom is 0.257 e. The molecule has 2 atom stereocenters. The molecule has 0 bridgehead atoms. The summed E-state index contributed by atoms with van der Waals surface area (Å²) >= 11 is 0. The lowest BCUT2D eigenvalue weighted by molar-refractivity contribution is -0.123. The molecule has 178 valence electrons. The number of halogens is 1. The van der Waals surface area contributed by atoms with E-state index in [0.717, 1.165) is 43.4 Å². The van der Waals surface area contributed by atoms with E-state index in [1.807, 2.05) is 18.2 Å². The number of nitrogens with zero attached hydrogens (tertiary/aromatic N) is 1. The van der Waals surface area contributed by atoms with Gasteiger partial charge in [-0.3, -0.25) is 9.59 Å². The highest BCUT2D eigenvalue weighted by Crippen LogP contribution is 2.32. The average molecular weight is 453 g/mol. The first-order valence-electron chi connectivity index (χ1n) is 12.1. The van der Waals surface area contributed by atoms with Gasteiger partial charge in [-0.15, -0.1) is 0 Å². The summed E-state index contributed by atoms with van der Waals surface area (Å²) in [4.78, 5) is 28.6. The average Bonchev–Trinajstić information content (AvgIpc) is 2.76. The molecule has 0 spiro atoms. The smallest absolute Gasteiger partial charge is 0.257 e. The molecule has 0 radical (unpaired) electrons. The minimum Gasteiger partial charge on any atom is -0.335 e. The highest BCUT2D eigenvalue weighted by Gasteiger charge is 2.39. The van der Waals surface area contributed by atoms with Crippen molar-refractivity contribution in [1.29, 1.82) is 0 Å². The Labute approximate surface area is 197 Å². The van der Waals surface area contributed by atoms with Crippen LogP contribution in [0.3, 0.4) is 0 Å². The van der Waals surface area contributed by atoms with Gasteiger partial charge in [-0.05, 0) is 60.9 Å². The second-order valence-electron chi connectivity index (χ2n) is 10.2. The standard InChI is InChI=1S/C28H37FN2O2/c1-6-7-16-24-22(26(32)30-21-13-9-12-20(18-21)28(3,4)5)14-10-17-31(24)27(33)25-19(2)11-8-15-23(25)29/h8-9,11-13,15,18,22,24H,6-7,10,14,16-17H2,1-5H3,(H,30,32)/t22-,24-/m0/s1. The van der Waals surface area contributed by atoms with Gasteiger partial charge in [0.05, 0.1) is 11.5 Å². The van der Waals surface area contributed by atoms with Crippen LogP contribution in [0.15, 0.2) is 42.5 Å². The molecule has 5 heteroatoms. The largest absolute Gasteiger partial charge is 0.335 e. The number of unbranched alkanes of at least 4 members (excludes halogenated alkanes) is 1. The Morgan fingerprint density at radius 3 is 2.55 bits per heavy atom. The van der Waals surface area contributed by atoms with Crippen LogP contribution in [0.2, 0.25) is 0 Å². The van der Waals surface area contributed by atoms with Crippen LogP contribution in [0.5, 0.6) is 0 Å². The van der Waals surface area contributed by atoms with Crippen LogP contribution in [-0.4, -0.2) is 29.3 Å². The molecule has 0 aromatic heterocycles. The Balaban J connectivity index is 1.86. The number of piperidine rings is 1. The maximum atomic E-state index is 14.6. The molecular formula is C28H37FN2O2. The Morgan fingerprint density at radius 1 is 1.15 bits per heavy atom. The third-order valence-corrected chi connectivity index (χ3v) is 6.66. The minimum absolute atomic E-state index is 0.0178. The molecule has 0 aliphatic carbocycles. The first-order chi connectivity index (χ1) is 15.6. The summed E-state index contributed by atoms with van der Waals surface area (Å²) in [5.41, 5.74) is 2.65. The first kappa shape index (κ1) is 24.9. The number of benzene rings is 2. The van der Waals surface area contributed by atoms with Gasteiger partial charge in [-0.2, -0.15) is 0 Å². The van der Waals surface area contributed by atoms with E-state index in [4.69, 9.17) is 0 Å². The van der Waals surface area contributed by atoms with Gasteiger partial charge in [-0.1, -0.05) is 64.8 Å². The Morgan fingerprint density at radius 2 is 1.88 bits per heavy atom. The molecule has 33 heavy (non-hydrogen) atoms. The molecule has 1 heterocycles. The number of amides is 2. The van der Waals surface area contributed by atoms with Gasteiger partial charge in [-0.25, -0.2) is 4.39 Å². The SMILES string of the molecule is CCCC[C@H]1[C@@H](C(=O)Nc2cccc(C(C)(C)C)c2)CCCN1C(=O)c1c(C)cccc1F. The van der Waals surface area contributed by atoms with E-state index < -0.39 is 5.82 Å². The van der Waals surface area contributed by atoms with Crippen LogP contribution < -0.4 is 5.32 Å². The Bertz CT molecular complexity index is 975. The number of nitrogens with one attached hydrogen (secondary N) is 1. The first-order valence-corrected chi connectivity index (χ1v) is 12.1. The topological polar surface area (TPSA) is 49.4 Å². The van der Waals surface area contributed by atoms with Crippen LogP contribution in [0, 0.1) is 18.7 Å².